The maximum atomic E-state index is 12.1. The molecule has 18 heavy (non-hydrogen) atoms. The summed E-state index contributed by atoms with van der Waals surface area (Å²) in [7, 11) is -0.474. The van der Waals surface area contributed by atoms with Crippen molar-refractivity contribution < 1.29 is 13.2 Å². The van der Waals surface area contributed by atoms with Crippen LogP contribution in [-0.2, 0) is 10.0 Å². The number of nitrogens with zero attached hydrogens (tertiary/aromatic N) is 1. The lowest BCUT2D eigenvalue weighted by molar-refractivity contribution is 0.414. The van der Waals surface area contributed by atoms with Crippen molar-refractivity contribution >= 4 is 27.2 Å². The summed E-state index contributed by atoms with van der Waals surface area (Å²) in [5.74, 6) is 0.611. The van der Waals surface area contributed by atoms with Gasteiger partial charge in [0.05, 0.1) is 17.0 Å². The summed E-state index contributed by atoms with van der Waals surface area (Å²) in [6.07, 6.45) is 0.362. The number of benzene rings is 1. The second-order valence-corrected chi connectivity index (χ2v) is 6.29. The van der Waals surface area contributed by atoms with Crippen LogP contribution in [-0.4, -0.2) is 38.4 Å². The lowest BCUT2D eigenvalue weighted by Gasteiger charge is -2.16. The van der Waals surface area contributed by atoms with Crippen molar-refractivity contribution in [2.75, 3.05) is 20.7 Å². The molecule has 0 unspecified atom stereocenters. The van der Waals surface area contributed by atoms with Gasteiger partial charge in [-0.25, -0.2) is 12.7 Å². The van der Waals surface area contributed by atoms with E-state index in [9.17, 15) is 8.42 Å². The molecular weight excluding hydrogens is 272 g/mol. The van der Waals surface area contributed by atoms with Gasteiger partial charge in [0.1, 0.15) is 5.75 Å². The molecule has 0 saturated carbocycles. The van der Waals surface area contributed by atoms with E-state index in [-0.39, 0.29) is 11.4 Å². The lowest BCUT2D eigenvalue weighted by atomic mass is 10.3. The van der Waals surface area contributed by atoms with Crippen LogP contribution in [0.4, 0.5) is 0 Å². The fourth-order valence-corrected chi connectivity index (χ4v) is 2.58. The molecule has 0 aliphatic rings. The molecule has 1 aromatic carbocycles. The highest BCUT2D eigenvalue weighted by Gasteiger charge is 2.20. The minimum absolute atomic E-state index is 0.216. The van der Waals surface area contributed by atoms with Gasteiger partial charge in [-0.05, 0) is 24.3 Å². The number of thiocarbonyl (C=S) groups is 1. The van der Waals surface area contributed by atoms with Crippen molar-refractivity contribution in [2.24, 2.45) is 5.73 Å². The van der Waals surface area contributed by atoms with Crippen LogP contribution in [0, 0.1) is 0 Å². The molecule has 0 aliphatic heterocycles. The predicted octanol–water partition coefficient (Wildman–Crippen LogP) is 0.992. The number of rotatable bonds is 6. The van der Waals surface area contributed by atoms with Crippen LogP contribution >= 0.6 is 12.2 Å². The lowest BCUT2D eigenvalue weighted by Crippen LogP contribution is -2.30. The third-order valence-corrected chi connectivity index (χ3v) is 4.52. The van der Waals surface area contributed by atoms with Gasteiger partial charge in [0, 0.05) is 20.0 Å². The van der Waals surface area contributed by atoms with E-state index >= 15 is 0 Å². The van der Waals surface area contributed by atoms with Gasteiger partial charge in [0.25, 0.3) is 0 Å². The van der Waals surface area contributed by atoms with Crippen LogP contribution in [0.15, 0.2) is 29.2 Å². The first-order valence-electron chi connectivity index (χ1n) is 5.26. The van der Waals surface area contributed by atoms with E-state index in [0.717, 1.165) is 0 Å². The first-order chi connectivity index (χ1) is 8.37. The molecule has 0 atom stereocenters. The van der Waals surface area contributed by atoms with Crippen LogP contribution in [0.1, 0.15) is 6.42 Å². The summed E-state index contributed by atoms with van der Waals surface area (Å²) in [5, 5.41) is 0. The van der Waals surface area contributed by atoms with Gasteiger partial charge in [-0.1, -0.05) is 12.2 Å². The maximum absolute atomic E-state index is 12.1. The van der Waals surface area contributed by atoms with E-state index in [1.165, 1.54) is 30.6 Å². The molecule has 5 nitrogen and oxygen atoms in total. The van der Waals surface area contributed by atoms with Gasteiger partial charge in [-0.3, -0.25) is 0 Å². The molecule has 0 fully saturated rings. The zero-order valence-electron chi connectivity index (χ0n) is 10.3. The van der Waals surface area contributed by atoms with Gasteiger partial charge >= 0.3 is 0 Å². The Morgan fingerprint density at radius 3 is 2.39 bits per heavy atom. The standard InChI is InChI=1S/C11H16N2O3S2/c1-13(8-7-11(12)17)18(14,15)10-5-3-9(16-2)4-6-10/h3-6H,7-8H2,1-2H3,(H2,12,17). The van der Waals surface area contributed by atoms with Crippen LogP contribution in [0.3, 0.4) is 0 Å². The molecule has 2 N–H and O–H groups in total. The molecular formula is C11H16N2O3S2. The highest BCUT2D eigenvalue weighted by molar-refractivity contribution is 7.89. The molecule has 1 aromatic rings. The summed E-state index contributed by atoms with van der Waals surface area (Å²) in [6, 6.07) is 6.22. The molecule has 0 heterocycles. The molecule has 0 amide bonds. The Kier molecular flexibility index (Phi) is 5.06. The smallest absolute Gasteiger partial charge is 0.242 e. The minimum Gasteiger partial charge on any atom is -0.497 e. The summed E-state index contributed by atoms with van der Waals surface area (Å²) in [5.41, 5.74) is 5.35. The number of hydrogen-bond acceptors (Lipinski definition) is 4. The zero-order chi connectivity index (χ0) is 13.8. The van der Waals surface area contributed by atoms with Crippen molar-refractivity contribution in [3.8, 4) is 5.75 Å². The summed E-state index contributed by atoms with van der Waals surface area (Å²) in [6.45, 7) is 0.268. The fourth-order valence-electron chi connectivity index (χ4n) is 1.32. The first kappa shape index (κ1) is 14.9. The van der Waals surface area contributed by atoms with E-state index < -0.39 is 10.0 Å². The number of hydrogen-bond donors (Lipinski definition) is 1. The number of nitrogens with two attached hydrogens (primary N) is 1. The summed E-state index contributed by atoms with van der Waals surface area (Å²) >= 11 is 4.73. The average Bonchev–Trinajstić information content (AvgIpc) is 2.35. The Morgan fingerprint density at radius 1 is 1.39 bits per heavy atom. The topological polar surface area (TPSA) is 72.6 Å². The second kappa shape index (κ2) is 6.12. The third-order valence-electron chi connectivity index (χ3n) is 2.44. The van der Waals surface area contributed by atoms with E-state index in [4.69, 9.17) is 22.7 Å². The Morgan fingerprint density at radius 2 is 1.94 bits per heavy atom. The molecule has 0 bridgehead atoms. The molecule has 0 saturated heterocycles. The molecule has 100 valence electrons. The highest BCUT2D eigenvalue weighted by Crippen LogP contribution is 2.18. The van der Waals surface area contributed by atoms with E-state index in [1.807, 2.05) is 0 Å². The number of sulfonamides is 1. The monoisotopic (exact) mass is 288 g/mol. The van der Waals surface area contributed by atoms with E-state index in [1.54, 1.807) is 12.1 Å². The molecule has 0 radical (unpaired) electrons. The Hall–Kier alpha value is -1.18. The number of methoxy groups -OCH3 is 1. The first-order valence-corrected chi connectivity index (χ1v) is 7.11. The van der Waals surface area contributed by atoms with E-state index in [2.05, 4.69) is 0 Å². The normalized spacial score (nSPS) is 11.5. The Balaban J connectivity index is 2.87. The van der Waals surface area contributed by atoms with Crippen molar-refractivity contribution in [2.45, 2.75) is 11.3 Å². The van der Waals surface area contributed by atoms with Crippen LogP contribution in [0.5, 0.6) is 5.75 Å². The quantitative estimate of drug-likeness (QED) is 0.790. The minimum atomic E-state index is -3.50. The van der Waals surface area contributed by atoms with Gasteiger partial charge < -0.3 is 10.5 Å². The van der Waals surface area contributed by atoms with Crippen molar-refractivity contribution in [3.63, 3.8) is 0 Å². The summed E-state index contributed by atoms with van der Waals surface area (Å²) < 4.78 is 30.5. The SMILES string of the molecule is COc1ccc(S(=O)(=O)N(C)CCC(N)=S)cc1. The van der Waals surface area contributed by atoms with Crippen molar-refractivity contribution in [3.05, 3.63) is 24.3 Å². The van der Waals surface area contributed by atoms with Crippen molar-refractivity contribution in [1.29, 1.82) is 0 Å². The fraction of sp³-hybridized carbons (Fsp3) is 0.364. The largest absolute Gasteiger partial charge is 0.497 e. The third kappa shape index (κ3) is 3.66. The van der Waals surface area contributed by atoms with Crippen LogP contribution < -0.4 is 10.5 Å². The van der Waals surface area contributed by atoms with Gasteiger partial charge in [0.2, 0.25) is 10.0 Å². The Bertz CT molecular complexity index is 512. The van der Waals surface area contributed by atoms with Crippen molar-refractivity contribution in [1.82, 2.24) is 4.31 Å². The van der Waals surface area contributed by atoms with E-state index in [0.29, 0.717) is 17.2 Å². The van der Waals surface area contributed by atoms with Crippen LogP contribution in [0.2, 0.25) is 0 Å². The second-order valence-electron chi connectivity index (χ2n) is 3.72. The molecule has 0 aromatic heterocycles. The average molecular weight is 288 g/mol. The molecule has 7 heteroatoms. The Labute approximate surface area is 113 Å². The predicted molar refractivity (Wildman–Crippen MR) is 74.2 cm³/mol. The molecule has 0 spiro atoms. The molecule has 0 aliphatic carbocycles. The number of ether oxygens (including phenoxy) is 1. The summed E-state index contributed by atoms with van der Waals surface area (Å²) in [4.78, 5) is 0.514. The zero-order valence-corrected chi connectivity index (χ0v) is 11.9. The highest BCUT2D eigenvalue weighted by atomic mass is 32.2. The van der Waals surface area contributed by atoms with Gasteiger partial charge in [-0.2, -0.15) is 0 Å². The van der Waals surface area contributed by atoms with Gasteiger partial charge in [-0.15, -0.1) is 0 Å². The molecule has 1 rings (SSSR count). The maximum Gasteiger partial charge on any atom is 0.242 e. The van der Waals surface area contributed by atoms with Gasteiger partial charge in [0.15, 0.2) is 0 Å². The van der Waals surface area contributed by atoms with Crippen LogP contribution in [0.25, 0.3) is 0 Å².